The normalized spacial score (nSPS) is 30.1. The summed E-state index contributed by atoms with van der Waals surface area (Å²) in [5.41, 5.74) is 6.46. The molecule has 2 heterocycles. The van der Waals surface area contributed by atoms with Gasteiger partial charge in [0, 0.05) is 18.0 Å². The number of carbonyl (C=O) groups excluding carboxylic acids is 1. The molecule has 1 saturated carbocycles. The van der Waals surface area contributed by atoms with Crippen molar-refractivity contribution in [2.45, 2.75) is 51.5 Å². The van der Waals surface area contributed by atoms with Crippen LogP contribution in [-0.4, -0.2) is 28.4 Å². The topological polar surface area (TPSA) is 59.2 Å². The number of fused-ring (bicyclic) bond motifs is 1. The Morgan fingerprint density at radius 2 is 2.25 bits per heavy atom. The molecule has 1 aromatic rings. The van der Waals surface area contributed by atoms with Gasteiger partial charge >= 0.3 is 0 Å². The average molecular weight is 293 g/mol. The van der Waals surface area contributed by atoms with Gasteiger partial charge in [-0.2, -0.15) is 0 Å². The molecule has 3 atom stereocenters. The van der Waals surface area contributed by atoms with Gasteiger partial charge in [0.25, 0.3) is 0 Å². The van der Waals surface area contributed by atoms with Crippen LogP contribution in [0.4, 0.5) is 5.13 Å². The van der Waals surface area contributed by atoms with Crippen LogP contribution in [-0.2, 0) is 11.2 Å². The first-order valence-corrected chi connectivity index (χ1v) is 8.52. The quantitative estimate of drug-likeness (QED) is 0.912. The number of hydrogen-bond acceptors (Lipinski definition) is 4. The van der Waals surface area contributed by atoms with Gasteiger partial charge in [0.15, 0.2) is 5.13 Å². The maximum atomic E-state index is 12.6. The van der Waals surface area contributed by atoms with Crippen LogP contribution in [0, 0.1) is 11.8 Å². The number of nitrogen functional groups attached to an aromatic ring is 1. The van der Waals surface area contributed by atoms with E-state index in [4.69, 9.17) is 5.73 Å². The summed E-state index contributed by atoms with van der Waals surface area (Å²) in [5, 5.41) is 2.45. The standard InChI is InChI=1S/C15H23N3OS/c1-10-6-7-18(13-5-3-2-4-12(10)13)14(19)8-11-9-20-15(16)17-11/h9-10,12-13H,2-8H2,1H3,(H2,16,17). The third-order valence-electron chi connectivity index (χ3n) is 4.96. The number of anilines is 1. The molecule has 0 bridgehead atoms. The minimum atomic E-state index is 0.235. The molecule has 2 aliphatic rings. The molecule has 1 aromatic heterocycles. The van der Waals surface area contributed by atoms with Crippen LogP contribution < -0.4 is 5.73 Å². The summed E-state index contributed by atoms with van der Waals surface area (Å²) in [6.07, 6.45) is 6.62. The van der Waals surface area contributed by atoms with Crippen molar-refractivity contribution in [3.63, 3.8) is 0 Å². The first-order valence-electron chi connectivity index (χ1n) is 7.64. The van der Waals surface area contributed by atoms with Gasteiger partial charge in [-0.25, -0.2) is 4.98 Å². The molecule has 1 aliphatic carbocycles. The Balaban J connectivity index is 1.70. The Hall–Kier alpha value is -1.10. The van der Waals surface area contributed by atoms with Crippen molar-refractivity contribution >= 4 is 22.4 Å². The molecule has 2 fully saturated rings. The monoisotopic (exact) mass is 293 g/mol. The summed E-state index contributed by atoms with van der Waals surface area (Å²) in [5.74, 6) is 1.71. The van der Waals surface area contributed by atoms with Crippen molar-refractivity contribution in [1.29, 1.82) is 0 Å². The van der Waals surface area contributed by atoms with E-state index >= 15 is 0 Å². The van der Waals surface area contributed by atoms with E-state index in [1.807, 2.05) is 5.38 Å². The highest BCUT2D eigenvalue weighted by Crippen LogP contribution is 2.38. The average Bonchev–Trinajstić information content (AvgIpc) is 2.84. The highest BCUT2D eigenvalue weighted by Gasteiger charge is 2.39. The van der Waals surface area contributed by atoms with Crippen LogP contribution in [0.25, 0.3) is 0 Å². The second-order valence-electron chi connectivity index (χ2n) is 6.22. The summed E-state index contributed by atoms with van der Waals surface area (Å²) in [6.45, 7) is 3.27. The fraction of sp³-hybridized carbons (Fsp3) is 0.733. The van der Waals surface area contributed by atoms with Gasteiger partial charge in [0.1, 0.15) is 0 Å². The first-order chi connectivity index (χ1) is 9.65. The SMILES string of the molecule is CC1CCN(C(=O)Cc2csc(N)n2)C2CCCCC12. The Kier molecular flexibility index (Phi) is 3.96. The molecule has 20 heavy (non-hydrogen) atoms. The van der Waals surface area contributed by atoms with E-state index in [-0.39, 0.29) is 5.91 Å². The second kappa shape index (κ2) is 5.72. The molecule has 0 aromatic carbocycles. The number of carbonyl (C=O) groups is 1. The molecule has 1 aliphatic heterocycles. The number of thiazole rings is 1. The molecule has 0 spiro atoms. The molecule has 110 valence electrons. The Morgan fingerprint density at radius 1 is 1.45 bits per heavy atom. The van der Waals surface area contributed by atoms with Crippen molar-refractivity contribution in [2.24, 2.45) is 11.8 Å². The second-order valence-corrected chi connectivity index (χ2v) is 7.11. The lowest BCUT2D eigenvalue weighted by atomic mass is 9.72. The Morgan fingerprint density at radius 3 is 3.00 bits per heavy atom. The summed E-state index contributed by atoms with van der Waals surface area (Å²) in [7, 11) is 0. The number of amides is 1. The Bertz CT molecular complexity index is 487. The fourth-order valence-electron chi connectivity index (χ4n) is 3.88. The van der Waals surface area contributed by atoms with Crippen LogP contribution in [0.2, 0.25) is 0 Å². The molecule has 1 saturated heterocycles. The Labute approximate surface area is 124 Å². The van der Waals surface area contributed by atoms with Crippen LogP contribution in [0.3, 0.4) is 0 Å². The van der Waals surface area contributed by atoms with Gasteiger partial charge in [-0.15, -0.1) is 11.3 Å². The first kappa shape index (κ1) is 13.9. The number of piperidine rings is 1. The van der Waals surface area contributed by atoms with E-state index in [0.717, 1.165) is 24.6 Å². The predicted octanol–water partition coefficient (Wildman–Crippen LogP) is 2.70. The van der Waals surface area contributed by atoms with E-state index in [9.17, 15) is 4.79 Å². The smallest absolute Gasteiger partial charge is 0.228 e. The maximum absolute atomic E-state index is 12.6. The van der Waals surface area contributed by atoms with Crippen molar-refractivity contribution in [2.75, 3.05) is 12.3 Å². The van der Waals surface area contributed by atoms with E-state index in [0.29, 0.717) is 23.5 Å². The maximum Gasteiger partial charge on any atom is 0.228 e. The van der Waals surface area contributed by atoms with E-state index in [2.05, 4.69) is 16.8 Å². The number of rotatable bonds is 2. The summed E-state index contributed by atoms with van der Waals surface area (Å²) < 4.78 is 0. The molecule has 0 radical (unpaired) electrons. The third-order valence-corrected chi connectivity index (χ3v) is 5.68. The van der Waals surface area contributed by atoms with Gasteiger partial charge in [-0.05, 0) is 31.1 Å². The summed E-state index contributed by atoms with van der Waals surface area (Å²) in [4.78, 5) is 18.9. The molecular weight excluding hydrogens is 270 g/mol. The number of nitrogens with two attached hydrogens (primary N) is 1. The number of nitrogens with zero attached hydrogens (tertiary/aromatic N) is 2. The summed E-state index contributed by atoms with van der Waals surface area (Å²) in [6, 6.07) is 0.469. The van der Waals surface area contributed by atoms with Gasteiger partial charge in [0.05, 0.1) is 12.1 Å². The van der Waals surface area contributed by atoms with Gasteiger partial charge in [-0.1, -0.05) is 19.8 Å². The third kappa shape index (κ3) is 2.68. The summed E-state index contributed by atoms with van der Waals surface area (Å²) >= 11 is 1.41. The number of aromatic nitrogens is 1. The lowest BCUT2D eigenvalue weighted by Gasteiger charge is -2.47. The fourth-order valence-corrected chi connectivity index (χ4v) is 4.45. The zero-order valence-electron chi connectivity index (χ0n) is 12.0. The predicted molar refractivity (Wildman–Crippen MR) is 81.5 cm³/mol. The van der Waals surface area contributed by atoms with Crippen LogP contribution in [0.1, 0.15) is 44.7 Å². The van der Waals surface area contributed by atoms with Crippen LogP contribution in [0.15, 0.2) is 5.38 Å². The highest BCUT2D eigenvalue weighted by atomic mass is 32.1. The van der Waals surface area contributed by atoms with E-state index in [1.54, 1.807) is 0 Å². The molecule has 4 nitrogen and oxygen atoms in total. The molecule has 5 heteroatoms. The van der Waals surface area contributed by atoms with Gasteiger partial charge < -0.3 is 10.6 Å². The zero-order chi connectivity index (χ0) is 14.1. The minimum Gasteiger partial charge on any atom is -0.375 e. The molecular formula is C15H23N3OS. The largest absolute Gasteiger partial charge is 0.375 e. The van der Waals surface area contributed by atoms with Gasteiger partial charge in [0.2, 0.25) is 5.91 Å². The van der Waals surface area contributed by atoms with Crippen LogP contribution in [0.5, 0.6) is 0 Å². The van der Waals surface area contributed by atoms with Crippen molar-refractivity contribution in [3.8, 4) is 0 Å². The van der Waals surface area contributed by atoms with Crippen molar-refractivity contribution in [1.82, 2.24) is 9.88 Å². The highest BCUT2D eigenvalue weighted by molar-refractivity contribution is 7.13. The molecule has 3 rings (SSSR count). The number of hydrogen-bond donors (Lipinski definition) is 1. The molecule has 1 amide bonds. The minimum absolute atomic E-state index is 0.235. The van der Waals surface area contributed by atoms with Crippen LogP contribution >= 0.6 is 11.3 Å². The van der Waals surface area contributed by atoms with E-state index in [1.165, 1.54) is 37.0 Å². The van der Waals surface area contributed by atoms with Gasteiger partial charge in [-0.3, -0.25) is 4.79 Å². The lowest BCUT2D eigenvalue weighted by molar-refractivity contribution is -0.138. The molecule has 2 N–H and O–H groups in total. The van der Waals surface area contributed by atoms with Crippen molar-refractivity contribution < 1.29 is 4.79 Å². The zero-order valence-corrected chi connectivity index (χ0v) is 12.9. The van der Waals surface area contributed by atoms with E-state index < -0.39 is 0 Å². The lowest BCUT2D eigenvalue weighted by Crippen LogP contribution is -2.52. The molecule has 3 unspecified atom stereocenters. The number of likely N-dealkylation sites (tertiary alicyclic amines) is 1. The van der Waals surface area contributed by atoms with Crippen molar-refractivity contribution in [3.05, 3.63) is 11.1 Å².